The molecule has 3 saturated carbocycles. The quantitative estimate of drug-likeness (QED) is 0.280. The largest absolute Gasteiger partial charge is 0.462 e. The zero-order valence-electron chi connectivity index (χ0n) is 25.5. The molecular formula is C38H48O3. The maximum Gasteiger partial charge on any atom is 0.302 e. The van der Waals surface area contributed by atoms with Gasteiger partial charge in [0.15, 0.2) is 0 Å². The average molecular weight is 553 g/mol. The monoisotopic (exact) mass is 552 g/mol. The number of fused-ring (bicyclic) bond motifs is 5. The fourth-order valence-electron chi connectivity index (χ4n) is 11.1. The van der Waals surface area contributed by atoms with Crippen LogP contribution in [0.2, 0.25) is 0 Å². The summed E-state index contributed by atoms with van der Waals surface area (Å²) >= 11 is 0. The average Bonchev–Trinajstić information content (AvgIpc) is 3.53. The summed E-state index contributed by atoms with van der Waals surface area (Å²) in [5.74, 6) is 2.71. The molecule has 0 amide bonds. The molecule has 7 rings (SSSR count). The van der Waals surface area contributed by atoms with Crippen LogP contribution in [0.3, 0.4) is 0 Å². The lowest BCUT2D eigenvalue weighted by molar-refractivity contribution is -0.153. The minimum Gasteiger partial charge on any atom is -0.462 e. The van der Waals surface area contributed by atoms with E-state index in [1.165, 1.54) is 43.2 Å². The van der Waals surface area contributed by atoms with Gasteiger partial charge in [0.25, 0.3) is 0 Å². The Morgan fingerprint density at radius 1 is 0.805 bits per heavy atom. The normalized spacial score (nSPS) is 41.1. The molecule has 0 aromatic heterocycles. The minimum atomic E-state index is -0.376. The van der Waals surface area contributed by atoms with Gasteiger partial charge in [-0.05, 0) is 110 Å². The number of allylic oxidation sites excluding steroid dienone is 1. The van der Waals surface area contributed by atoms with Crippen molar-refractivity contribution in [2.24, 2.45) is 34.5 Å². The summed E-state index contributed by atoms with van der Waals surface area (Å²) in [6.07, 6.45) is 14.3. The summed E-state index contributed by atoms with van der Waals surface area (Å²) in [6.45, 7) is 9.20. The molecule has 5 aliphatic rings. The first-order chi connectivity index (χ1) is 19.7. The van der Waals surface area contributed by atoms with Crippen LogP contribution in [-0.2, 0) is 19.9 Å². The number of hydrogen-bond acceptors (Lipinski definition) is 3. The van der Waals surface area contributed by atoms with E-state index >= 15 is 0 Å². The van der Waals surface area contributed by atoms with E-state index in [1.54, 1.807) is 12.5 Å². The molecule has 2 aromatic rings. The van der Waals surface area contributed by atoms with Crippen molar-refractivity contribution >= 4 is 5.97 Å². The van der Waals surface area contributed by atoms with Gasteiger partial charge in [-0.25, -0.2) is 0 Å². The number of carbonyl (C=O) groups is 1. The van der Waals surface area contributed by atoms with Crippen LogP contribution in [0.25, 0.3) is 0 Å². The Morgan fingerprint density at radius 2 is 1.49 bits per heavy atom. The Kier molecular flexibility index (Phi) is 6.58. The molecule has 0 radical (unpaired) electrons. The van der Waals surface area contributed by atoms with Crippen LogP contribution in [0.5, 0.6) is 0 Å². The third-order valence-electron chi connectivity index (χ3n) is 13.0. The van der Waals surface area contributed by atoms with Crippen LogP contribution in [0.15, 0.2) is 72.3 Å². The van der Waals surface area contributed by atoms with E-state index in [0.29, 0.717) is 11.3 Å². The Bertz CT molecular complexity index is 1280. The van der Waals surface area contributed by atoms with Gasteiger partial charge in [-0.2, -0.15) is 0 Å². The Labute approximate surface area is 247 Å². The number of benzene rings is 2. The van der Waals surface area contributed by atoms with E-state index in [2.05, 4.69) is 87.5 Å². The van der Waals surface area contributed by atoms with Crippen molar-refractivity contribution in [1.29, 1.82) is 0 Å². The fourth-order valence-corrected chi connectivity index (χ4v) is 11.1. The summed E-state index contributed by atoms with van der Waals surface area (Å²) in [5, 5.41) is 0. The third-order valence-corrected chi connectivity index (χ3v) is 13.0. The highest BCUT2D eigenvalue weighted by molar-refractivity contribution is 5.66. The fraction of sp³-hybridized carbons (Fsp3) is 0.605. The first-order valence-corrected chi connectivity index (χ1v) is 16.4. The molecular weight excluding hydrogens is 504 g/mol. The van der Waals surface area contributed by atoms with Gasteiger partial charge in [0.05, 0.1) is 5.60 Å². The molecule has 1 heterocycles. The Hall–Kier alpha value is -2.39. The summed E-state index contributed by atoms with van der Waals surface area (Å²) in [7, 11) is 0. The van der Waals surface area contributed by atoms with Gasteiger partial charge in [0.2, 0.25) is 0 Å². The van der Waals surface area contributed by atoms with E-state index in [-0.39, 0.29) is 28.7 Å². The van der Waals surface area contributed by atoms with Crippen molar-refractivity contribution < 1.29 is 14.3 Å². The second kappa shape index (κ2) is 9.83. The number of rotatable bonds is 4. The van der Waals surface area contributed by atoms with Crippen LogP contribution in [0.4, 0.5) is 0 Å². The highest BCUT2D eigenvalue weighted by Crippen LogP contribution is 2.69. The third kappa shape index (κ3) is 4.20. The lowest BCUT2D eigenvalue weighted by Crippen LogP contribution is -2.53. The summed E-state index contributed by atoms with van der Waals surface area (Å²) < 4.78 is 13.2. The lowest BCUT2D eigenvalue weighted by atomic mass is 9.46. The molecule has 4 fully saturated rings. The summed E-state index contributed by atoms with van der Waals surface area (Å²) in [6, 6.07) is 22.0. The molecule has 218 valence electrons. The molecule has 0 N–H and O–H groups in total. The van der Waals surface area contributed by atoms with E-state index in [0.717, 1.165) is 49.9 Å². The van der Waals surface area contributed by atoms with Crippen molar-refractivity contribution in [2.45, 2.75) is 109 Å². The van der Waals surface area contributed by atoms with Crippen molar-refractivity contribution in [3.05, 3.63) is 83.4 Å². The molecule has 6 unspecified atom stereocenters. The predicted molar refractivity (Wildman–Crippen MR) is 163 cm³/mol. The van der Waals surface area contributed by atoms with Gasteiger partial charge in [0, 0.05) is 13.3 Å². The highest BCUT2D eigenvalue weighted by atomic mass is 16.5. The molecule has 8 atom stereocenters. The van der Waals surface area contributed by atoms with Crippen LogP contribution in [0.1, 0.15) is 103 Å². The van der Waals surface area contributed by atoms with Gasteiger partial charge in [0.1, 0.15) is 11.7 Å². The lowest BCUT2D eigenvalue weighted by Gasteiger charge is -2.59. The number of carbonyl (C=O) groups excluding carboxylic acids is 1. The zero-order chi connectivity index (χ0) is 28.5. The topological polar surface area (TPSA) is 35.5 Å². The van der Waals surface area contributed by atoms with E-state index in [1.807, 2.05) is 0 Å². The summed E-state index contributed by atoms with van der Waals surface area (Å²) in [5.41, 5.74) is 4.24. The van der Waals surface area contributed by atoms with E-state index < -0.39 is 0 Å². The maximum absolute atomic E-state index is 11.7. The zero-order valence-corrected chi connectivity index (χ0v) is 25.5. The SMILES string of the molecule is CC(=O)OC1CC[C@@]2(C)C(=CCC3C4CCC(C5(C)CCC(c6ccccc6)(c6ccccc6)O5)[C@@]4(C)CCC32)C1. The van der Waals surface area contributed by atoms with Crippen LogP contribution >= 0.6 is 0 Å². The Morgan fingerprint density at radius 3 is 2.15 bits per heavy atom. The van der Waals surface area contributed by atoms with Crippen molar-refractivity contribution in [2.75, 3.05) is 0 Å². The first-order valence-electron chi connectivity index (χ1n) is 16.4. The van der Waals surface area contributed by atoms with Gasteiger partial charge in [-0.15, -0.1) is 0 Å². The number of ether oxygens (including phenoxy) is 2. The molecule has 2 aromatic carbocycles. The smallest absolute Gasteiger partial charge is 0.302 e. The second-order valence-electron chi connectivity index (χ2n) is 14.9. The van der Waals surface area contributed by atoms with E-state index in [4.69, 9.17) is 9.47 Å². The standard InChI is InChI=1S/C38H48O3/c1-26(39)40-30-19-21-35(2)29(25-30)15-16-31-32-17-18-34(36(32,3)22-20-33(31)35)37(4)23-24-38(41-37,27-11-7-5-8-12-27)28-13-9-6-10-14-28/h5-15,30-34H,16-25H2,1-4H3/t30?,31?,32?,33?,34?,35-,36-,37?/m0/s1. The summed E-state index contributed by atoms with van der Waals surface area (Å²) in [4.78, 5) is 11.7. The van der Waals surface area contributed by atoms with Crippen molar-refractivity contribution in [3.63, 3.8) is 0 Å². The van der Waals surface area contributed by atoms with Crippen LogP contribution < -0.4 is 0 Å². The predicted octanol–water partition coefficient (Wildman–Crippen LogP) is 9.01. The number of esters is 1. The molecule has 3 heteroatoms. The molecule has 1 aliphatic heterocycles. The molecule has 0 spiro atoms. The first kappa shape index (κ1) is 27.4. The van der Waals surface area contributed by atoms with Gasteiger partial charge in [-0.1, -0.05) is 86.2 Å². The van der Waals surface area contributed by atoms with Crippen molar-refractivity contribution in [1.82, 2.24) is 0 Å². The van der Waals surface area contributed by atoms with Gasteiger partial charge < -0.3 is 9.47 Å². The number of hydrogen-bond donors (Lipinski definition) is 0. The molecule has 0 bridgehead atoms. The van der Waals surface area contributed by atoms with Gasteiger partial charge >= 0.3 is 5.97 Å². The molecule has 41 heavy (non-hydrogen) atoms. The van der Waals surface area contributed by atoms with E-state index in [9.17, 15) is 4.79 Å². The Balaban J connectivity index is 1.17. The maximum atomic E-state index is 11.7. The molecule has 4 aliphatic carbocycles. The van der Waals surface area contributed by atoms with Gasteiger partial charge in [-0.3, -0.25) is 4.79 Å². The van der Waals surface area contributed by atoms with Crippen LogP contribution in [0, 0.1) is 34.5 Å². The molecule has 3 nitrogen and oxygen atoms in total. The molecule has 1 saturated heterocycles. The minimum absolute atomic E-state index is 0.0713. The van der Waals surface area contributed by atoms with Crippen molar-refractivity contribution in [3.8, 4) is 0 Å². The second-order valence-corrected chi connectivity index (χ2v) is 14.9. The van der Waals surface area contributed by atoms with Crippen LogP contribution in [-0.4, -0.2) is 17.7 Å². The highest BCUT2D eigenvalue weighted by Gasteiger charge is 2.64.